The van der Waals surface area contributed by atoms with Crippen LogP contribution < -0.4 is 11.5 Å². The molecule has 0 saturated carbocycles. The molecule has 5 N–H and O–H groups in total. The minimum absolute atomic E-state index is 0.0128. The standard InChI is InChI=1S/C26H28N8O3S/c1-38(36,37)23-22(17-11-18-8-9-19(12-17)33(18)26(28)32-35)31-25-20(14-30-34(25)24(23)27)16-7-10-21(29-13-16)15-5-3-2-4-6-15/h2-7,10,13-14,17-19,35H,8-9,11-12,27H2,1H3,(H2,28,32). The summed E-state index contributed by atoms with van der Waals surface area (Å²) in [5, 5.41) is 16.8. The number of nitrogen functional groups attached to an aromatic ring is 1. The number of aromatic nitrogens is 4. The van der Waals surface area contributed by atoms with Crippen molar-refractivity contribution in [2.45, 2.75) is 48.6 Å². The maximum absolute atomic E-state index is 13.0. The Balaban J connectivity index is 1.44. The van der Waals surface area contributed by atoms with Gasteiger partial charge in [-0.1, -0.05) is 41.6 Å². The van der Waals surface area contributed by atoms with Gasteiger partial charge in [-0.05, 0) is 31.7 Å². The van der Waals surface area contributed by atoms with E-state index in [0.717, 1.165) is 35.9 Å². The summed E-state index contributed by atoms with van der Waals surface area (Å²) < 4.78 is 27.3. The molecule has 2 bridgehead atoms. The molecule has 11 nitrogen and oxygen atoms in total. The van der Waals surface area contributed by atoms with Gasteiger partial charge in [-0.15, -0.1) is 0 Å². The van der Waals surface area contributed by atoms with Gasteiger partial charge in [0.25, 0.3) is 0 Å². The third-order valence-electron chi connectivity index (χ3n) is 7.67. The Kier molecular flexibility index (Phi) is 5.71. The topological polar surface area (TPSA) is 165 Å². The first-order valence-electron chi connectivity index (χ1n) is 12.4. The predicted molar refractivity (Wildman–Crippen MR) is 143 cm³/mol. The van der Waals surface area contributed by atoms with Crippen molar-refractivity contribution >= 4 is 27.3 Å². The second-order valence-electron chi connectivity index (χ2n) is 9.99. The van der Waals surface area contributed by atoms with Crippen molar-refractivity contribution in [3.63, 3.8) is 0 Å². The summed E-state index contributed by atoms with van der Waals surface area (Å²) in [6.07, 6.45) is 7.53. The summed E-state index contributed by atoms with van der Waals surface area (Å²) in [7, 11) is -3.71. The smallest absolute Gasteiger partial charge is 0.233 e. The molecule has 0 aliphatic carbocycles. The molecule has 2 aliphatic rings. The van der Waals surface area contributed by atoms with Gasteiger partial charge < -0.3 is 21.6 Å². The number of anilines is 1. The van der Waals surface area contributed by atoms with Gasteiger partial charge in [-0.3, -0.25) is 4.98 Å². The number of nitrogens with zero attached hydrogens (tertiary/aromatic N) is 6. The Morgan fingerprint density at radius 1 is 1.05 bits per heavy atom. The summed E-state index contributed by atoms with van der Waals surface area (Å²) in [5.74, 6) is -0.0286. The summed E-state index contributed by atoms with van der Waals surface area (Å²) >= 11 is 0. The average Bonchev–Trinajstić information content (AvgIpc) is 3.46. The molecule has 0 amide bonds. The van der Waals surface area contributed by atoms with Crippen molar-refractivity contribution in [2.24, 2.45) is 10.9 Å². The molecule has 1 aromatic carbocycles. The van der Waals surface area contributed by atoms with E-state index in [0.29, 0.717) is 29.7 Å². The number of guanidine groups is 1. The number of oxime groups is 1. The lowest BCUT2D eigenvalue weighted by Crippen LogP contribution is -2.49. The van der Waals surface area contributed by atoms with Gasteiger partial charge in [0, 0.05) is 47.1 Å². The van der Waals surface area contributed by atoms with Crippen LogP contribution >= 0.6 is 0 Å². The van der Waals surface area contributed by atoms with E-state index in [-0.39, 0.29) is 34.7 Å². The fourth-order valence-corrected chi connectivity index (χ4v) is 7.10. The maximum Gasteiger partial charge on any atom is 0.233 e. The summed E-state index contributed by atoms with van der Waals surface area (Å²) in [6.45, 7) is 0. The number of rotatable bonds is 4. The normalized spacial score (nSPS) is 21.8. The van der Waals surface area contributed by atoms with Crippen molar-refractivity contribution in [1.82, 2.24) is 24.5 Å². The van der Waals surface area contributed by atoms with Crippen molar-refractivity contribution in [1.29, 1.82) is 0 Å². The molecule has 196 valence electrons. The molecule has 0 radical (unpaired) electrons. The highest BCUT2D eigenvalue weighted by Gasteiger charge is 2.44. The van der Waals surface area contributed by atoms with Crippen LogP contribution in [0.25, 0.3) is 28.0 Å². The number of nitrogens with two attached hydrogens (primary N) is 2. The van der Waals surface area contributed by atoms with E-state index in [1.807, 2.05) is 47.4 Å². The first-order valence-corrected chi connectivity index (χ1v) is 14.3. The Bertz CT molecular complexity index is 1640. The molecule has 4 aromatic rings. The molecular formula is C26H28N8O3S. The molecule has 2 saturated heterocycles. The fraction of sp³-hybridized carbons (Fsp3) is 0.308. The van der Waals surface area contributed by atoms with Crippen molar-refractivity contribution < 1.29 is 13.6 Å². The van der Waals surface area contributed by atoms with Crippen LogP contribution in [0.5, 0.6) is 0 Å². The fourth-order valence-electron chi connectivity index (χ4n) is 6.04. The van der Waals surface area contributed by atoms with Crippen LogP contribution in [-0.4, -0.2) is 62.4 Å². The van der Waals surface area contributed by atoms with Gasteiger partial charge in [0.2, 0.25) is 5.96 Å². The quantitative estimate of drug-likeness (QED) is 0.155. The number of sulfone groups is 1. The lowest BCUT2D eigenvalue weighted by Gasteiger charge is -2.39. The van der Waals surface area contributed by atoms with Gasteiger partial charge in [0.1, 0.15) is 10.7 Å². The van der Waals surface area contributed by atoms with Crippen LogP contribution in [0, 0.1) is 0 Å². The molecule has 38 heavy (non-hydrogen) atoms. The Hall–Kier alpha value is -4.19. The summed E-state index contributed by atoms with van der Waals surface area (Å²) in [4.78, 5) is 11.5. The zero-order valence-electron chi connectivity index (χ0n) is 20.8. The number of pyridine rings is 1. The second-order valence-corrected chi connectivity index (χ2v) is 11.9. The number of hydrogen-bond donors (Lipinski definition) is 3. The van der Waals surface area contributed by atoms with Gasteiger partial charge >= 0.3 is 0 Å². The van der Waals surface area contributed by atoms with Gasteiger partial charge in [0.05, 0.1) is 17.6 Å². The molecule has 5 heterocycles. The first-order chi connectivity index (χ1) is 18.3. The van der Waals surface area contributed by atoms with E-state index in [9.17, 15) is 13.6 Å². The predicted octanol–water partition coefficient (Wildman–Crippen LogP) is 2.86. The van der Waals surface area contributed by atoms with Crippen LogP contribution in [0.2, 0.25) is 0 Å². The van der Waals surface area contributed by atoms with E-state index >= 15 is 0 Å². The highest BCUT2D eigenvalue weighted by atomic mass is 32.2. The third kappa shape index (κ3) is 3.92. The number of hydrogen-bond acceptors (Lipinski definition) is 8. The van der Waals surface area contributed by atoms with Gasteiger partial charge in [0.15, 0.2) is 15.5 Å². The minimum atomic E-state index is -3.71. The molecule has 2 aliphatic heterocycles. The molecule has 6 rings (SSSR count). The minimum Gasteiger partial charge on any atom is -0.408 e. The molecule has 3 aromatic heterocycles. The highest BCUT2D eigenvalue weighted by molar-refractivity contribution is 7.91. The van der Waals surface area contributed by atoms with Gasteiger partial charge in [-0.25, -0.2) is 13.4 Å². The van der Waals surface area contributed by atoms with E-state index in [2.05, 4.69) is 15.2 Å². The van der Waals surface area contributed by atoms with Crippen molar-refractivity contribution in [3.05, 3.63) is 60.6 Å². The first kappa shape index (κ1) is 24.2. The van der Waals surface area contributed by atoms with Gasteiger partial charge in [-0.2, -0.15) is 9.61 Å². The zero-order valence-corrected chi connectivity index (χ0v) is 21.6. The Labute approximate surface area is 219 Å². The van der Waals surface area contributed by atoms with Crippen LogP contribution in [0.3, 0.4) is 0 Å². The Morgan fingerprint density at radius 3 is 2.37 bits per heavy atom. The molecule has 12 heteroatoms. The average molecular weight is 533 g/mol. The van der Waals surface area contributed by atoms with Crippen LogP contribution in [0.15, 0.2) is 64.9 Å². The molecular weight excluding hydrogens is 504 g/mol. The molecule has 2 atom stereocenters. The Morgan fingerprint density at radius 2 is 1.76 bits per heavy atom. The van der Waals surface area contributed by atoms with E-state index in [1.165, 1.54) is 4.52 Å². The van der Waals surface area contributed by atoms with Crippen molar-refractivity contribution in [3.8, 4) is 22.4 Å². The monoisotopic (exact) mass is 532 g/mol. The third-order valence-corrected chi connectivity index (χ3v) is 8.83. The number of fused-ring (bicyclic) bond motifs is 3. The lowest BCUT2D eigenvalue weighted by atomic mass is 9.88. The summed E-state index contributed by atoms with van der Waals surface area (Å²) in [6, 6.07) is 13.8. The number of piperidine rings is 1. The highest BCUT2D eigenvalue weighted by Crippen LogP contribution is 2.45. The van der Waals surface area contributed by atoms with Crippen LogP contribution in [0.1, 0.15) is 37.3 Å². The zero-order chi connectivity index (χ0) is 26.6. The summed E-state index contributed by atoms with van der Waals surface area (Å²) in [5.41, 5.74) is 16.7. The van der Waals surface area contributed by atoms with Crippen LogP contribution in [-0.2, 0) is 9.84 Å². The second kappa shape index (κ2) is 8.98. The maximum atomic E-state index is 13.0. The van der Waals surface area contributed by atoms with Crippen molar-refractivity contribution in [2.75, 3.05) is 12.0 Å². The van der Waals surface area contributed by atoms with Crippen LogP contribution in [0.4, 0.5) is 5.82 Å². The van der Waals surface area contributed by atoms with E-state index in [1.54, 1.807) is 12.4 Å². The largest absolute Gasteiger partial charge is 0.408 e. The number of benzene rings is 1. The molecule has 2 fully saturated rings. The van der Waals surface area contributed by atoms with E-state index < -0.39 is 9.84 Å². The molecule has 2 unspecified atom stereocenters. The van der Waals surface area contributed by atoms with E-state index in [4.69, 9.17) is 16.5 Å². The lowest BCUT2D eigenvalue weighted by molar-refractivity contribution is 0.197. The molecule has 0 spiro atoms. The SMILES string of the molecule is CS(=O)(=O)c1c(C2CC3CCC(C2)N3C(N)=NO)nc2c(-c3ccc(-c4ccccc4)nc3)cnn2c1N.